The molecule has 222 valence electrons. The Morgan fingerprint density at radius 3 is 1.07 bits per heavy atom. The zero-order chi connectivity index (χ0) is 31.3. The monoisotopic (exact) mass is 587 g/mol. The molecule has 0 aliphatic rings. The SMILES string of the molecule is Cc1ccc(N(c2ccc(C)cc2)c2ccc(N=Nc3cc(N(c4ccc(C)cc4)c4ccc(C)cc4)ccc3N)cc2)cc1. The van der Waals surface area contributed by atoms with Gasteiger partial charge in [-0.05, 0) is 119 Å². The standard InChI is InChI=1S/C40H37N5/c1-28-5-15-33(16-6-28)44(34-17-7-29(2)8-18-34)37-23-13-32(14-24-37)42-43-40-27-38(25-26-39(40)41)45(35-19-9-30(3)10-20-35)36-21-11-31(4)12-22-36/h5-27H,41H2,1-4H3. The molecule has 6 rings (SSSR count). The van der Waals surface area contributed by atoms with Crippen molar-refractivity contribution in [2.24, 2.45) is 10.2 Å². The molecule has 5 nitrogen and oxygen atoms in total. The van der Waals surface area contributed by atoms with E-state index >= 15 is 0 Å². The maximum absolute atomic E-state index is 6.41. The molecule has 0 aliphatic carbocycles. The molecule has 5 heteroatoms. The fraction of sp³-hybridized carbons (Fsp3) is 0.100. The summed E-state index contributed by atoms with van der Waals surface area (Å²) in [6, 6.07) is 48.2. The summed E-state index contributed by atoms with van der Waals surface area (Å²) in [5.74, 6) is 0. The van der Waals surface area contributed by atoms with Gasteiger partial charge in [-0.25, -0.2) is 0 Å². The Labute approximate surface area is 265 Å². The highest BCUT2D eigenvalue weighted by molar-refractivity contribution is 5.81. The third-order valence-electron chi connectivity index (χ3n) is 7.82. The molecule has 2 N–H and O–H groups in total. The second-order valence-corrected chi connectivity index (χ2v) is 11.5. The van der Waals surface area contributed by atoms with Crippen LogP contribution in [0.25, 0.3) is 0 Å². The summed E-state index contributed by atoms with van der Waals surface area (Å²) >= 11 is 0. The number of hydrogen-bond donors (Lipinski definition) is 1. The predicted octanol–water partition coefficient (Wildman–Crippen LogP) is 11.9. The second kappa shape index (κ2) is 12.9. The first-order valence-electron chi connectivity index (χ1n) is 15.1. The molecule has 0 fully saturated rings. The Kier molecular flexibility index (Phi) is 8.43. The van der Waals surface area contributed by atoms with Crippen molar-refractivity contribution in [3.63, 3.8) is 0 Å². The van der Waals surface area contributed by atoms with Crippen molar-refractivity contribution in [3.8, 4) is 0 Å². The summed E-state index contributed by atoms with van der Waals surface area (Å²) in [7, 11) is 0. The van der Waals surface area contributed by atoms with E-state index in [9.17, 15) is 0 Å². The first-order chi connectivity index (χ1) is 21.8. The van der Waals surface area contributed by atoms with Crippen LogP contribution in [-0.2, 0) is 0 Å². The van der Waals surface area contributed by atoms with Crippen molar-refractivity contribution >= 4 is 51.2 Å². The van der Waals surface area contributed by atoms with Gasteiger partial charge in [-0.15, -0.1) is 5.11 Å². The van der Waals surface area contributed by atoms with E-state index in [0.717, 1.165) is 39.8 Å². The lowest BCUT2D eigenvalue weighted by Gasteiger charge is -2.26. The molecule has 0 bridgehead atoms. The van der Waals surface area contributed by atoms with Crippen molar-refractivity contribution < 1.29 is 0 Å². The number of azo groups is 1. The molecule has 0 saturated heterocycles. The molecule has 0 aromatic heterocycles. The zero-order valence-electron chi connectivity index (χ0n) is 26.1. The van der Waals surface area contributed by atoms with Gasteiger partial charge in [-0.1, -0.05) is 70.8 Å². The number of nitrogen functional groups attached to an aromatic ring is 1. The average molecular weight is 588 g/mol. The summed E-state index contributed by atoms with van der Waals surface area (Å²) < 4.78 is 0. The van der Waals surface area contributed by atoms with Gasteiger partial charge in [0, 0.05) is 34.1 Å². The molecule has 6 aromatic rings. The summed E-state index contributed by atoms with van der Waals surface area (Å²) in [5.41, 5.74) is 19.5. The van der Waals surface area contributed by atoms with E-state index in [0.29, 0.717) is 11.4 Å². The zero-order valence-corrected chi connectivity index (χ0v) is 26.1. The van der Waals surface area contributed by atoms with Crippen LogP contribution in [0.5, 0.6) is 0 Å². The maximum atomic E-state index is 6.41. The fourth-order valence-electron chi connectivity index (χ4n) is 5.21. The van der Waals surface area contributed by atoms with Crippen LogP contribution in [0.2, 0.25) is 0 Å². The van der Waals surface area contributed by atoms with E-state index in [1.54, 1.807) is 0 Å². The van der Waals surface area contributed by atoms with Gasteiger partial charge in [0.1, 0.15) is 5.69 Å². The van der Waals surface area contributed by atoms with Crippen molar-refractivity contribution in [3.05, 3.63) is 162 Å². The lowest BCUT2D eigenvalue weighted by Crippen LogP contribution is -2.10. The van der Waals surface area contributed by atoms with Crippen molar-refractivity contribution in [1.82, 2.24) is 0 Å². The van der Waals surface area contributed by atoms with Crippen LogP contribution >= 0.6 is 0 Å². The molecule has 0 amide bonds. The van der Waals surface area contributed by atoms with E-state index in [1.807, 2.05) is 30.3 Å². The molecule has 45 heavy (non-hydrogen) atoms. The Bertz CT molecular complexity index is 1820. The molecule has 0 atom stereocenters. The van der Waals surface area contributed by atoms with Gasteiger partial charge < -0.3 is 15.5 Å². The number of nitrogens with zero attached hydrogens (tertiary/aromatic N) is 4. The van der Waals surface area contributed by atoms with E-state index in [-0.39, 0.29) is 0 Å². The highest BCUT2D eigenvalue weighted by Gasteiger charge is 2.15. The maximum Gasteiger partial charge on any atom is 0.111 e. The van der Waals surface area contributed by atoms with E-state index in [2.05, 4.69) is 157 Å². The van der Waals surface area contributed by atoms with Gasteiger partial charge in [-0.2, -0.15) is 5.11 Å². The summed E-state index contributed by atoms with van der Waals surface area (Å²) in [6.45, 7) is 8.39. The van der Waals surface area contributed by atoms with Crippen LogP contribution in [0.4, 0.5) is 51.2 Å². The number of anilines is 7. The van der Waals surface area contributed by atoms with Crippen molar-refractivity contribution in [2.75, 3.05) is 15.5 Å². The topological polar surface area (TPSA) is 57.2 Å². The highest BCUT2D eigenvalue weighted by atomic mass is 15.2. The Morgan fingerprint density at radius 2 is 0.689 bits per heavy atom. The minimum atomic E-state index is 0.566. The van der Waals surface area contributed by atoms with E-state index in [1.165, 1.54) is 22.3 Å². The lowest BCUT2D eigenvalue weighted by molar-refractivity contribution is 1.21. The molecule has 0 saturated carbocycles. The van der Waals surface area contributed by atoms with Gasteiger partial charge in [0.05, 0.1) is 11.4 Å². The molecule has 6 aromatic carbocycles. The minimum absolute atomic E-state index is 0.566. The normalized spacial score (nSPS) is 11.1. The summed E-state index contributed by atoms with van der Waals surface area (Å²) in [6.07, 6.45) is 0. The fourth-order valence-corrected chi connectivity index (χ4v) is 5.21. The molecule has 0 heterocycles. The van der Waals surface area contributed by atoms with E-state index < -0.39 is 0 Å². The number of hydrogen-bond acceptors (Lipinski definition) is 5. The number of nitrogens with two attached hydrogens (primary N) is 1. The molecule has 0 spiro atoms. The quantitative estimate of drug-likeness (QED) is 0.142. The van der Waals surface area contributed by atoms with E-state index in [4.69, 9.17) is 5.73 Å². The Balaban J connectivity index is 1.31. The van der Waals surface area contributed by atoms with Crippen molar-refractivity contribution in [1.29, 1.82) is 0 Å². The summed E-state index contributed by atoms with van der Waals surface area (Å²) in [5, 5.41) is 9.19. The van der Waals surface area contributed by atoms with Gasteiger partial charge in [-0.3, -0.25) is 0 Å². The first-order valence-corrected chi connectivity index (χ1v) is 15.1. The van der Waals surface area contributed by atoms with Crippen LogP contribution < -0.4 is 15.5 Å². The third-order valence-corrected chi connectivity index (χ3v) is 7.82. The lowest BCUT2D eigenvalue weighted by atomic mass is 10.1. The van der Waals surface area contributed by atoms with Crippen molar-refractivity contribution in [2.45, 2.75) is 27.7 Å². The average Bonchev–Trinajstić information content (AvgIpc) is 3.05. The van der Waals surface area contributed by atoms with Crippen LogP contribution in [0.1, 0.15) is 22.3 Å². The van der Waals surface area contributed by atoms with Crippen LogP contribution in [0.3, 0.4) is 0 Å². The highest BCUT2D eigenvalue weighted by Crippen LogP contribution is 2.39. The largest absolute Gasteiger partial charge is 0.397 e. The van der Waals surface area contributed by atoms with Gasteiger partial charge >= 0.3 is 0 Å². The van der Waals surface area contributed by atoms with Gasteiger partial charge in [0.25, 0.3) is 0 Å². The molecule has 0 unspecified atom stereocenters. The number of rotatable bonds is 8. The Morgan fingerprint density at radius 1 is 0.378 bits per heavy atom. The molecule has 0 aliphatic heterocycles. The molecular formula is C40H37N5. The smallest absolute Gasteiger partial charge is 0.111 e. The number of benzene rings is 6. The molecular weight excluding hydrogens is 550 g/mol. The second-order valence-electron chi connectivity index (χ2n) is 11.5. The van der Waals surface area contributed by atoms with Gasteiger partial charge in [0.15, 0.2) is 0 Å². The van der Waals surface area contributed by atoms with Crippen LogP contribution in [0, 0.1) is 27.7 Å². The number of aryl methyl sites for hydroxylation is 4. The van der Waals surface area contributed by atoms with Crippen LogP contribution in [-0.4, -0.2) is 0 Å². The summed E-state index contributed by atoms with van der Waals surface area (Å²) in [4.78, 5) is 4.45. The van der Waals surface area contributed by atoms with Gasteiger partial charge in [0.2, 0.25) is 0 Å². The third kappa shape index (κ3) is 6.78. The first kappa shape index (κ1) is 29.4. The molecule has 0 radical (unpaired) electrons. The predicted molar refractivity (Wildman–Crippen MR) is 190 cm³/mol. The Hall–Kier alpha value is -5.68. The minimum Gasteiger partial charge on any atom is -0.397 e. The van der Waals surface area contributed by atoms with Crippen LogP contribution in [0.15, 0.2) is 150 Å².